The number of benzene rings is 1. The molecule has 5 nitrogen and oxygen atoms in total. The minimum atomic E-state index is -0.203. The zero-order valence-corrected chi connectivity index (χ0v) is 13.6. The van der Waals surface area contributed by atoms with Gasteiger partial charge in [0.25, 0.3) is 5.91 Å². The molecule has 0 spiro atoms. The molecule has 1 amide bonds. The molecule has 2 aromatic rings. The van der Waals surface area contributed by atoms with Gasteiger partial charge in [-0.3, -0.25) is 4.79 Å². The van der Waals surface area contributed by atoms with Crippen LogP contribution in [0.25, 0.3) is 11.3 Å². The molecule has 1 atom stereocenters. The highest BCUT2D eigenvalue weighted by Crippen LogP contribution is 2.23. The Morgan fingerprint density at radius 2 is 2.35 bits per heavy atom. The zero-order valence-electron chi connectivity index (χ0n) is 12.8. The fraction of sp³-hybridized carbons (Fsp3) is 0.412. The molecule has 1 aromatic heterocycles. The number of hydrogen-bond acceptors (Lipinski definition) is 4. The molecule has 1 unspecified atom stereocenters. The van der Waals surface area contributed by atoms with Crippen LogP contribution in [0.4, 0.5) is 0 Å². The van der Waals surface area contributed by atoms with Gasteiger partial charge in [-0.2, -0.15) is 0 Å². The summed E-state index contributed by atoms with van der Waals surface area (Å²) in [7, 11) is 0. The number of nitrogens with one attached hydrogen (secondary N) is 2. The average Bonchev–Trinajstić information content (AvgIpc) is 3.06. The van der Waals surface area contributed by atoms with Gasteiger partial charge in [-0.25, -0.2) is 0 Å². The van der Waals surface area contributed by atoms with E-state index in [1.807, 2.05) is 12.1 Å². The van der Waals surface area contributed by atoms with Gasteiger partial charge in [0, 0.05) is 23.2 Å². The fourth-order valence-corrected chi connectivity index (χ4v) is 3.00. The van der Waals surface area contributed by atoms with E-state index >= 15 is 0 Å². The molecule has 3 rings (SSSR count). The van der Waals surface area contributed by atoms with Gasteiger partial charge in [-0.1, -0.05) is 28.9 Å². The van der Waals surface area contributed by atoms with Crippen LogP contribution in [0.1, 0.15) is 29.8 Å². The van der Waals surface area contributed by atoms with Crippen molar-refractivity contribution in [1.29, 1.82) is 0 Å². The molecule has 1 aromatic carbocycles. The Bertz CT molecular complexity index is 665. The van der Waals surface area contributed by atoms with Crippen molar-refractivity contribution in [2.45, 2.75) is 19.3 Å². The predicted octanol–water partition coefficient (Wildman–Crippen LogP) is 3.11. The average molecular weight is 334 g/mol. The molecule has 2 heterocycles. The molecule has 6 heteroatoms. The second kappa shape index (κ2) is 7.62. The molecule has 23 heavy (non-hydrogen) atoms. The van der Waals surface area contributed by atoms with E-state index in [2.05, 4.69) is 15.8 Å². The predicted molar refractivity (Wildman–Crippen MR) is 89.5 cm³/mol. The fourth-order valence-electron chi connectivity index (χ4n) is 2.81. The number of hydrogen-bond donors (Lipinski definition) is 2. The Morgan fingerprint density at radius 1 is 1.43 bits per heavy atom. The van der Waals surface area contributed by atoms with Gasteiger partial charge in [-0.05, 0) is 50.4 Å². The van der Waals surface area contributed by atoms with Crippen LogP contribution in [0.3, 0.4) is 0 Å². The summed E-state index contributed by atoms with van der Waals surface area (Å²) in [5.41, 5.74) is 1.10. The van der Waals surface area contributed by atoms with Crippen LogP contribution >= 0.6 is 11.6 Å². The Labute approximate surface area is 140 Å². The Morgan fingerprint density at radius 3 is 3.13 bits per heavy atom. The van der Waals surface area contributed by atoms with E-state index < -0.39 is 0 Å². The van der Waals surface area contributed by atoms with Crippen molar-refractivity contribution in [1.82, 2.24) is 15.8 Å². The van der Waals surface area contributed by atoms with Gasteiger partial charge in [0.1, 0.15) is 0 Å². The lowest BCUT2D eigenvalue weighted by Crippen LogP contribution is -2.33. The van der Waals surface area contributed by atoms with Gasteiger partial charge in [0.15, 0.2) is 11.5 Å². The lowest BCUT2D eigenvalue weighted by Gasteiger charge is -2.22. The first-order valence-corrected chi connectivity index (χ1v) is 8.32. The Kier molecular flexibility index (Phi) is 5.31. The summed E-state index contributed by atoms with van der Waals surface area (Å²) in [5.74, 6) is 0.975. The maximum atomic E-state index is 12.1. The Balaban J connectivity index is 1.54. The highest BCUT2D eigenvalue weighted by molar-refractivity contribution is 6.30. The van der Waals surface area contributed by atoms with Crippen LogP contribution in [-0.4, -0.2) is 30.7 Å². The number of aromatic nitrogens is 1. The summed E-state index contributed by atoms with van der Waals surface area (Å²) in [6.07, 6.45) is 3.42. The molecule has 0 bridgehead atoms. The minimum absolute atomic E-state index is 0.203. The molecule has 0 saturated carbocycles. The standard InChI is InChI=1S/C17H20ClN3O2/c18-14-5-1-4-13(9-14)16-10-15(21-23-16)17(22)20-8-6-12-3-2-7-19-11-12/h1,4-5,9-10,12,19H,2-3,6-8,11H2,(H,20,22). The lowest BCUT2D eigenvalue weighted by atomic mass is 9.96. The summed E-state index contributed by atoms with van der Waals surface area (Å²) in [5, 5.41) is 10.7. The first kappa shape index (κ1) is 16.0. The topological polar surface area (TPSA) is 67.2 Å². The third kappa shape index (κ3) is 4.33. The second-order valence-electron chi connectivity index (χ2n) is 5.84. The summed E-state index contributed by atoms with van der Waals surface area (Å²) < 4.78 is 5.24. The molecule has 1 aliphatic heterocycles. The normalized spacial score (nSPS) is 17.9. The molecule has 1 aliphatic rings. The van der Waals surface area contributed by atoms with E-state index in [9.17, 15) is 4.79 Å². The third-order valence-electron chi connectivity index (χ3n) is 4.09. The van der Waals surface area contributed by atoms with Crippen LogP contribution in [0, 0.1) is 5.92 Å². The molecular formula is C17H20ClN3O2. The zero-order chi connectivity index (χ0) is 16.1. The number of rotatable bonds is 5. The van der Waals surface area contributed by atoms with Crippen LogP contribution in [0.2, 0.25) is 5.02 Å². The molecule has 2 N–H and O–H groups in total. The molecule has 0 radical (unpaired) electrons. The van der Waals surface area contributed by atoms with E-state index in [0.29, 0.717) is 28.9 Å². The van der Waals surface area contributed by atoms with E-state index in [4.69, 9.17) is 16.1 Å². The van der Waals surface area contributed by atoms with Crippen molar-refractivity contribution in [2.24, 2.45) is 5.92 Å². The van der Waals surface area contributed by atoms with E-state index in [0.717, 1.165) is 25.1 Å². The van der Waals surface area contributed by atoms with Gasteiger partial charge >= 0.3 is 0 Å². The molecule has 1 fully saturated rings. The van der Waals surface area contributed by atoms with Crippen molar-refractivity contribution >= 4 is 17.5 Å². The number of amides is 1. The number of carbonyl (C=O) groups is 1. The van der Waals surface area contributed by atoms with Crippen LogP contribution in [0.5, 0.6) is 0 Å². The summed E-state index contributed by atoms with van der Waals surface area (Å²) >= 11 is 5.96. The largest absolute Gasteiger partial charge is 0.355 e. The van der Waals surface area contributed by atoms with Crippen LogP contribution in [0.15, 0.2) is 34.9 Å². The molecule has 122 valence electrons. The van der Waals surface area contributed by atoms with Gasteiger partial charge in [-0.15, -0.1) is 0 Å². The number of halogens is 1. The first-order valence-electron chi connectivity index (χ1n) is 7.94. The van der Waals surface area contributed by atoms with E-state index in [-0.39, 0.29) is 5.91 Å². The van der Waals surface area contributed by atoms with Crippen molar-refractivity contribution in [2.75, 3.05) is 19.6 Å². The summed E-state index contributed by atoms with van der Waals surface area (Å²) in [6, 6.07) is 8.90. The monoisotopic (exact) mass is 333 g/mol. The van der Waals surface area contributed by atoms with Gasteiger partial charge < -0.3 is 15.2 Å². The maximum absolute atomic E-state index is 12.1. The van der Waals surface area contributed by atoms with Crippen molar-refractivity contribution in [3.05, 3.63) is 41.0 Å². The summed E-state index contributed by atoms with van der Waals surface area (Å²) in [6.45, 7) is 2.80. The highest BCUT2D eigenvalue weighted by atomic mass is 35.5. The third-order valence-corrected chi connectivity index (χ3v) is 4.32. The smallest absolute Gasteiger partial charge is 0.273 e. The highest BCUT2D eigenvalue weighted by Gasteiger charge is 2.16. The van der Waals surface area contributed by atoms with Crippen molar-refractivity contribution < 1.29 is 9.32 Å². The summed E-state index contributed by atoms with van der Waals surface area (Å²) in [4.78, 5) is 12.1. The minimum Gasteiger partial charge on any atom is -0.355 e. The maximum Gasteiger partial charge on any atom is 0.273 e. The molecule has 0 aliphatic carbocycles. The first-order chi connectivity index (χ1) is 11.2. The second-order valence-corrected chi connectivity index (χ2v) is 6.28. The quantitative estimate of drug-likeness (QED) is 0.882. The van der Waals surface area contributed by atoms with Gasteiger partial charge in [0.2, 0.25) is 0 Å². The van der Waals surface area contributed by atoms with E-state index in [1.54, 1.807) is 18.2 Å². The Hall–Kier alpha value is -1.85. The lowest BCUT2D eigenvalue weighted by molar-refractivity contribution is 0.0941. The van der Waals surface area contributed by atoms with Crippen molar-refractivity contribution in [3.8, 4) is 11.3 Å². The number of carbonyl (C=O) groups excluding carboxylic acids is 1. The van der Waals surface area contributed by atoms with Crippen LogP contribution < -0.4 is 10.6 Å². The van der Waals surface area contributed by atoms with E-state index in [1.165, 1.54) is 12.8 Å². The number of piperidine rings is 1. The SMILES string of the molecule is O=C(NCCC1CCCNC1)c1cc(-c2cccc(Cl)c2)on1. The van der Waals surface area contributed by atoms with Gasteiger partial charge in [0.05, 0.1) is 0 Å². The number of nitrogens with zero attached hydrogens (tertiary/aromatic N) is 1. The molecule has 1 saturated heterocycles. The van der Waals surface area contributed by atoms with Crippen LogP contribution in [-0.2, 0) is 0 Å². The molecular weight excluding hydrogens is 314 g/mol. The van der Waals surface area contributed by atoms with Crippen molar-refractivity contribution in [3.63, 3.8) is 0 Å².